The number of carbonyl (C=O) groups is 2. The van der Waals surface area contributed by atoms with Crippen LogP contribution in [0.2, 0.25) is 0 Å². The quantitative estimate of drug-likeness (QED) is 0.522. The molecule has 1 fully saturated rings. The Bertz CT molecular complexity index is 1240. The number of sulfonamides is 1. The van der Waals surface area contributed by atoms with Crippen molar-refractivity contribution in [3.05, 3.63) is 70.9 Å². The summed E-state index contributed by atoms with van der Waals surface area (Å²) in [6.45, 7) is 0.232. The van der Waals surface area contributed by atoms with E-state index in [1.807, 2.05) is 17.5 Å². The summed E-state index contributed by atoms with van der Waals surface area (Å²) < 4.78 is 33.7. The summed E-state index contributed by atoms with van der Waals surface area (Å²) in [5, 5.41) is 11.1. The van der Waals surface area contributed by atoms with Crippen LogP contribution in [0.4, 0.5) is 11.4 Å². The highest BCUT2D eigenvalue weighted by Gasteiger charge is 2.35. The highest BCUT2D eigenvalue weighted by atomic mass is 32.2. The van der Waals surface area contributed by atoms with Crippen LogP contribution in [0.1, 0.15) is 11.3 Å². The van der Waals surface area contributed by atoms with Crippen molar-refractivity contribution in [3.8, 4) is 5.75 Å². The van der Waals surface area contributed by atoms with Gasteiger partial charge in [-0.3, -0.25) is 13.9 Å². The Morgan fingerprint density at radius 3 is 2.39 bits per heavy atom. The van der Waals surface area contributed by atoms with Gasteiger partial charge < -0.3 is 14.7 Å². The minimum absolute atomic E-state index is 0.0661. The summed E-state index contributed by atoms with van der Waals surface area (Å²) in [7, 11) is -2.38. The molecule has 4 rings (SSSR count). The van der Waals surface area contributed by atoms with Crippen molar-refractivity contribution in [2.45, 2.75) is 17.9 Å². The predicted molar refractivity (Wildman–Crippen MR) is 125 cm³/mol. The summed E-state index contributed by atoms with van der Waals surface area (Å²) in [5.74, 6) is -1.46. The molecule has 2 heterocycles. The molecule has 8 nitrogen and oxygen atoms in total. The number of ether oxygens (including phenoxy) is 1. The van der Waals surface area contributed by atoms with Crippen LogP contribution < -0.4 is 13.9 Å². The van der Waals surface area contributed by atoms with Gasteiger partial charge in [0.25, 0.3) is 10.0 Å². The Morgan fingerprint density at radius 1 is 1.15 bits per heavy atom. The molecule has 1 atom stereocenters. The van der Waals surface area contributed by atoms with Crippen LogP contribution in [0.3, 0.4) is 0 Å². The highest BCUT2D eigenvalue weighted by Crippen LogP contribution is 2.31. The number of carboxylic acids is 1. The summed E-state index contributed by atoms with van der Waals surface area (Å²) in [6.07, 6.45) is -0.0680. The zero-order valence-electron chi connectivity index (χ0n) is 17.7. The minimum Gasteiger partial charge on any atom is -0.497 e. The number of aliphatic carboxylic acids is 1. The lowest BCUT2D eigenvalue weighted by Crippen LogP contribution is -2.30. The van der Waals surface area contributed by atoms with Gasteiger partial charge in [-0.25, -0.2) is 8.42 Å². The van der Waals surface area contributed by atoms with E-state index in [0.29, 0.717) is 17.1 Å². The molecule has 1 aliphatic heterocycles. The molecule has 1 unspecified atom stereocenters. The standard InChI is InChI=1S/C23H22N2O6S2/c1-31-19-8-4-18(5-9-19)25(15-20-3-2-12-32-20)33(29,30)21-10-6-17(7-11-21)24-14-16(23(27)28)13-22(24)26/h2-12,16H,13-15H2,1H3,(H,27,28). The van der Waals surface area contributed by atoms with E-state index in [1.54, 1.807) is 31.4 Å². The fourth-order valence-corrected chi connectivity index (χ4v) is 5.87. The number of amides is 1. The maximum Gasteiger partial charge on any atom is 0.308 e. The van der Waals surface area contributed by atoms with E-state index in [4.69, 9.17) is 4.74 Å². The maximum atomic E-state index is 13.6. The van der Waals surface area contributed by atoms with Gasteiger partial charge in [0.15, 0.2) is 0 Å². The molecule has 2 aromatic carbocycles. The monoisotopic (exact) mass is 486 g/mol. The number of hydrogen-bond donors (Lipinski definition) is 1. The van der Waals surface area contributed by atoms with E-state index in [9.17, 15) is 23.1 Å². The number of carboxylic acid groups (broad SMARTS) is 1. The summed E-state index contributed by atoms with van der Waals surface area (Å²) in [6, 6.07) is 16.5. The van der Waals surface area contributed by atoms with Gasteiger partial charge in [0.1, 0.15) is 5.75 Å². The van der Waals surface area contributed by atoms with Gasteiger partial charge in [-0.1, -0.05) is 6.07 Å². The molecule has 3 aromatic rings. The van der Waals surface area contributed by atoms with Gasteiger partial charge in [-0.15, -0.1) is 11.3 Å². The topological polar surface area (TPSA) is 104 Å². The normalized spacial score (nSPS) is 16.1. The first-order chi connectivity index (χ1) is 15.8. The summed E-state index contributed by atoms with van der Waals surface area (Å²) in [4.78, 5) is 25.8. The second kappa shape index (κ2) is 9.24. The van der Waals surface area contributed by atoms with Gasteiger partial charge in [-0.05, 0) is 60.0 Å². The smallest absolute Gasteiger partial charge is 0.308 e. The number of methoxy groups -OCH3 is 1. The number of carbonyl (C=O) groups excluding carboxylic acids is 1. The lowest BCUT2D eigenvalue weighted by Gasteiger charge is -2.25. The third kappa shape index (κ3) is 4.71. The minimum atomic E-state index is -3.93. The molecule has 33 heavy (non-hydrogen) atoms. The lowest BCUT2D eigenvalue weighted by molar-refractivity contribution is -0.141. The van der Waals surface area contributed by atoms with Crippen LogP contribution in [0.25, 0.3) is 0 Å². The van der Waals surface area contributed by atoms with E-state index < -0.39 is 21.9 Å². The molecule has 1 amide bonds. The summed E-state index contributed by atoms with van der Waals surface area (Å²) >= 11 is 1.46. The van der Waals surface area contributed by atoms with Crippen molar-refractivity contribution in [1.29, 1.82) is 0 Å². The van der Waals surface area contributed by atoms with Crippen molar-refractivity contribution in [1.82, 2.24) is 0 Å². The molecule has 1 aromatic heterocycles. The van der Waals surface area contributed by atoms with Crippen molar-refractivity contribution in [2.75, 3.05) is 22.9 Å². The van der Waals surface area contributed by atoms with Crippen LogP contribution in [0, 0.1) is 5.92 Å². The largest absolute Gasteiger partial charge is 0.497 e. The van der Waals surface area contributed by atoms with E-state index in [1.165, 1.54) is 44.8 Å². The van der Waals surface area contributed by atoms with Crippen LogP contribution in [-0.2, 0) is 26.2 Å². The highest BCUT2D eigenvalue weighted by molar-refractivity contribution is 7.92. The van der Waals surface area contributed by atoms with Gasteiger partial charge in [0.05, 0.1) is 30.2 Å². The Balaban J connectivity index is 1.64. The molecule has 1 saturated heterocycles. The van der Waals surface area contributed by atoms with Crippen molar-refractivity contribution < 1.29 is 27.9 Å². The van der Waals surface area contributed by atoms with Crippen molar-refractivity contribution in [2.24, 2.45) is 5.92 Å². The van der Waals surface area contributed by atoms with Gasteiger partial charge in [-0.2, -0.15) is 0 Å². The zero-order chi connectivity index (χ0) is 23.6. The third-order valence-electron chi connectivity index (χ3n) is 5.45. The van der Waals surface area contributed by atoms with Crippen LogP contribution in [0.15, 0.2) is 70.9 Å². The zero-order valence-corrected chi connectivity index (χ0v) is 19.4. The molecule has 10 heteroatoms. The second-order valence-electron chi connectivity index (χ2n) is 7.53. The molecule has 0 aliphatic carbocycles. The molecular formula is C23H22N2O6S2. The lowest BCUT2D eigenvalue weighted by atomic mass is 10.1. The predicted octanol–water partition coefficient (Wildman–Crippen LogP) is 3.59. The van der Waals surface area contributed by atoms with Crippen molar-refractivity contribution >= 4 is 44.6 Å². The number of thiophene rings is 1. The first kappa shape index (κ1) is 22.8. The van der Waals surface area contributed by atoms with E-state index >= 15 is 0 Å². The summed E-state index contributed by atoms with van der Waals surface area (Å²) in [5.41, 5.74) is 0.962. The molecule has 0 spiro atoms. The Kier molecular flexibility index (Phi) is 6.39. The Labute approximate surface area is 195 Å². The number of nitrogens with zero attached hydrogens (tertiary/aromatic N) is 2. The Morgan fingerprint density at radius 2 is 1.85 bits per heavy atom. The van der Waals surface area contributed by atoms with E-state index in [0.717, 1.165) is 4.88 Å². The third-order valence-corrected chi connectivity index (χ3v) is 8.10. The average Bonchev–Trinajstić information content (AvgIpc) is 3.47. The van der Waals surface area contributed by atoms with Crippen LogP contribution in [-0.4, -0.2) is 39.1 Å². The van der Waals surface area contributed by atoms with Gasteiger partial charge in [0, 0.05) is 23.5 Å². The average molecular weight is 487 g/mol. The van der Waals surface area contributed by atoms with E-state index in [2.05, 4.69) is 0 Å². The fourth-order valence-electron chi connectivity index (χ4n) is 3.66. The number of rotatable bonds is 8. The fraction of sp³-hybridized carbons (Fsp3) is 0.217. The number of anilines is 2. The Hall–Kier alpha value is -3.37. The SMILES string of the molecule is COc1ccc(N(Cc2cccs2)S(=O)(=O)c2ccc(N3CC(C(=O)O)CC3=O)cc2)cc1. The molecule has 172 valence electrons. The maximum absolute atomic E-state index is 13.6. The second-order valence-corrected chi connectivity index (χ2v) is 10.4. The van der Waals surface area contributed by atoms with Gasteiger partial charge >= 0.3 is 5.97 Å². The van der Waals surface area contributed by atoms with E-state index in [-0.39, 0.29) is 30.3 Å². The van der Waals surface area contributed by atoms with Crippen molar-refractivity contribution in [3.63, 3.8) is 0 Å². The molecule has 1 N–H and O–H groups in total. The first-order valence-corrected chi connectivity index (χ1v) is 12.4. The number of benzene rings is 2. The molecule has 0 radical (unpaired) electrons. The number of hydrogen-bond acceptors (Lipinski definition) is 6. The van der Waals surface area contributed by atoms with Crippen LogP contribution >= 0.6 is 11.3 Å². The first-order valence-electron chi connectivity index (χ1n) is 10.1. The molecule has 0 bridgehead atoms. The van der Waals surface area contributed by atoms with Crippen LogP contribution in [0.5, 0.6) is 5.75 Å². The van der Waals surface area contributed by atoms with Gasteiger partial charge in [0.2, 0.25) is 5.91 Å². The molecule has 0 saturated carbocycles. The molecule has 1 aliphatic rings. The molecular weight excluding hydrogens is 464 g/mol.